The molecular weight excluding hydrogens is 330 g/mol. The van der Waals surface area contributed by atoms with Gasteiger partial charge in [-0.1, -0.05) is 18.2 Å². The fraction of sp³-hybridized carbons (Fsp3) is 0.100. The van der Waals surface area contributed by atoms with Crippen LogP contribution in [0.2, 0.25) is 0 Å². The van der Waals surface area contributed by atoms with Gasteiger partial charge in [-0.15, -0.1) is 0 Å². The highest BCUT2D eigenvalue weighted by Crippen LogP contribution is 2.21. The van der Waals surface area contributed by atoms with Gasteiger partial charge in [0.05, 0.1) is 6.61 Å². The second-order valence-corrected chi connectivity index (χ2v) is 5.76. The van der Waals surface area contributed by atoms with Gasteiger partial charge in [-0.2, -0.15) is 0 Å². The van der Waals surface area contributed by atoms with Crippen LogP contribution in [-0.2, 0) is 0 Å². The van der Waals surface area contributed by atoms with Crippen molar-refractivity contribution < 1.29 is 4.74 Å². The van der Waals surface area contributed by atoms with Crippen LogP contribution in [0.1, 0.15) is 6.92 Å². The first-order valence-corrected chi connectivity index (χ1v) is 8.47. The fourth-order valence-corrected chi connectivity index (χ4v) is 2.61. The summed E-state index contributed by atoms with van der Waals surface area (Å²) in [7, 11) is 0. The van der Waals surface area contributed by atoms with E-state index >= 15 is 0 Å². The highest BCUT2D eigenvalue weighted by molar-refractivity contribution is 7.80. The summed E-state index contributed by atoms with van der Waals surface area (Å²) in [6.45, 7) is 2.62. The van der Waals surface area contributed by atoms with Gasteiger partial charge in [0.1, 0.15) is 5.75 Å². The minimum Gasteiger partial charge on any atom is -0.494 e. The van der Waals surface area contributed by atoms with Crippen molar-refractivity contribution in [1.29, 1.82) is 0 Å². The summed E-state index contributed by atoms with van der Waals surface area (Å²) in [5, 5.41) is 6.88. The van der Waals surface area contributed by atoms with Gasteiger partial charge in [0, 0.05) is 23.8 Å². The van der Waals surface area contributed by atoms with Gasteiger partial charge in [0.15, 0.2) is 5.11 Å². The molecule has 1 aromatic heterocycles. The van der Waals surface area contributed by atoms with E-state index in [2.05, 4.69) is 15.6 Å². The molecule has 0 aliphatic heterocycles. The van der Waals surface area contributed by atoms with Gasteiger partial charge in [-0.25, -0.2) is 0 Å². The van der Waals surface area contributed by atoms with E-state index in [1.807, 2.05) is 73.8 Å². The van der Waals surface area contributed by atoms with Gasteiger partial charge < -0.3 is 15.4 Å². The van der Waals surface area contributed by atoms with Crippen molar-refractivity contribution in [3.63, 3.8) is 0 Å². The van der Waals surface area contributed by atoms with Crippen LogP contribution < -0.4 is 15.4 Å². The average molecular weight is 349 g/mol. The first-order chi connectivity index (χ1) is 12.2. The molecule has 0 unspecified atom stereocenters. The molecule has 1 heterocycles. The fourth-order valence-electron chi connectivity index (χ4n) is 2.37. The average Bonchev–Trinajstić information content (AvgIpc) is 2.65. The second kappa shape index (κ2) is 8.26. The summed E-state index contributed by atoms with van der Waals surface area (Å²) in [5.74, 6) is 0.845. The molecule has 3 rings (SSSR count). The maximum absolute atomic E-state index is 5.43. The summed E-state index contributed by atoms with van der Waals surface area (Å²) in [5.41, 5.74) is 4.04. The summed E-state index contributed by atoms with van der Waals surface area (Å²) in [6, 6.07) is 19.7. The van der Waals surface area contributed by atoms with Crippen LogP contribution >= 0.6 is 12.2 Å². The number of pyridine rings is 1. The van der Waals surface area contributed by atoms with E-state index in [9.17, 15) is 0 Å². The number of hydrogen-bond donors (Lipinski definition) is 2. The Morgan fingerprint density at radius 3 is 2.12 bits per heavy atom. The number of aromatic nitrogens is 1. The largest absolute Gasteiger partial charge is 0.494 e. The zero-order valence-electron chi connectivity index (χ0n) is 13.9. The van der Waals surface area contributed by atoms with Crippen molar-refractivity contribution in [2.45, 2.75) is 6.92 Å². The Hall–Kier alpha value is -2.92. The molecule has 5 heteroatoms. The summed E-state index contributed by atoms with van der Waals surface area (Å²) in [6.07, 6.45) is 3.62. The lowest BCUT2D eigenvalue weighted by molar-refractivity contribution is 0.340. The van der Waals surface area contributed by atoms with Crippen molar-refractivity contribution in [2.75, 3.05) is 17.2 Å². The molecule has 4 nitrogen and oxygen atoms in total. The molecule has 0 aliphatic carbocycles. The smallest absolute Gasteiger partial charge is 0.175 e. The lowest BCUT2D eigenvalue weighted by atomic mass is 10.1. The van der Waals surface area contributed by atoms with Crippen LogP contribution in [0.4, 0.5) is 11.4 Å². The van der Waals surface area contributed by atoms with Crippen molar-refractivity contribution in [3.8, 4) is 16.9 Å². The number of anilines is 2. The third kappa shape index (κ3) is 4.78. The highest BCUT2D eigenvalue weighted by atomic mass is 32.1. The Labute approximate surface area is 152 Å². The summed E-state index contributed by atoms with van der Waals surface area (Å²) >= 11 is 5.36. The number of nitrogens with zero attached hydrogens (tertiary/aromatic N) is 1. The van der Waals surface area contributed by atoms with Crippen LogP contribution in [0.5, 0.6) is 5.75 Å². The number of rotatable bonds is 5. The van der Waals surface area contributed by atoms with Crippen molar-refractivity contribution >= 4 is 28.7 Å². The van der Waals surface area contributed by atoms with Gasteiger partial charge >= 0.3 is 0 Å². The molecule has 0 amide bonds. The molecule has 3 aromatic rings. The quantitative estimate of drug-likeness (QED) is 0.638. The molecule has 0 aliphatic rings. The lowest BCUT2D eigenvalue weighted by Crippen LogP contribution is -2.18. The predicted molar refractivity (Wildman–Crippen MR) is 107 cm³/mol. The molecule has 0 fully saturated rings. The van der Waals surface area contributed by atoms with Gasteiger partial charge in [-0.05, 0) is 72.7 Å². The lowest BCUT2D eigenvalue weighted by Gasteiger charge is -2.12. The van der Waals surface area contributed by atoms with Crippen molar-refractivity contribution in [3.05, 3.63) is 73.1 Å². The van der Waals surface area contributed by atoms with Crippen molar-refractivity contribution in [2.24, 2.45) is 0 Å². The van der Waals surface area contributed by atoms with E-state index in [1.165, 1.54) is 0 Å². The van der Waals surface area contributed by atoms with E-state index in [0.717, 1.165) is 28.3 Å². The van der Waals surface area contributed by atoms with Crippen LogP contribution in [0.3, 0.4) is 0 Å². The molecular formula is C20H19N3OS. The first kappa shape index (κ1) is 16.9. The number of hydrogen-bond acceptors (Lipinski definition) is 3. The Morgan fingerprint density at radius 2 is 1.56 bits per heavy atom. The highest BCUT2D eigenvalue weighted by Gasteiger charge is 2.01. The molecule has 0 atom stereocenters. The first-order valence-electron chi connectivity index (χ1n) is 8.06. The monoisotopic (exact) mass is 349 g/mol. The summed E-state index contributed by atoms with van der Waals surface area (Å²) < 4.78 is 5.43. The van der Waals surface area contributed by atoms with Gasteiger partial charge in [-0.3, -0.25) is 4.98 Å². The maximum Gasteiger partial charge on any atom is 0.175 e. The summed E-state index contributed by atoms with van der Waals surface area (Å²) in [4.78, 5) is 4.14. The van der Waals surface area contributed by atoms with Crippen LogP contribution in [0.25, 0.3) is 11.1 Å². The Morgan fingerprint density at radius 1 is 0.920 bits per heavy atom. The molecule has 0 saturated heterocycles. The van der Waals surface area contributed by atoms with E-state index < -0.39 is 0 Å². The van der Waals surface area contributed by atoms with Crippen LogP contribution in [0.15, 0.2) is 73.1 Å². The van der Waals surface area contributed by atoms with E-state index in [4.69, 9.17) is 17.0 Å². The zero-order valence-corrected chi connectivity index (χ0v) is 14.7. The normalized spacial score (nSPS) is 10.1. The third-order valence-corrected chi connectivity index (χ3v) is 3.76. The van der Waals surface area contributed by atoms with Crippen molar-refractivity contribution in [1.82, 2.24) is 4.98 Å². The standard InChI is InChI=1S/C20H19N3OS/c1-2-24-19-11-9-18(10-12-19)23-20(25)22-17-7-5-15(6-8-17)16-4-3-13-21-14-16/h3-14H,2H2,1H3,(H2,22,23,25). The zero-order chi connectivity index (χ0) is 17.5. The molecule has 2 aromatic carbocycles. The van der Waals surface area contributed by atoms with Crippen LogP contribution in [-0.4, -0.2) is 16.7 Å². The predicted octanol–water partition coefficient (Wildman–Crippen LogP) is 4.96. The Kier molecular flexibility index (Phi) is 5.59. The molecule has 126 valence electrons. The number of nitrogens with one attached hydrogen (secondary N) is 2. The number of ether oxygens (including phenoxy) is 1. The molecule has 25 heavy (non-hydrogen) atoms. The van der Waals surface area contributed by atoms with Crippen LogP contribution in [0, 0.1) is 0 Å². The third-order valence-electron chi connectivity index (χ3n) is 3.56. The Balaban J connectivity index is 1.59. The van der Waals surface area contributed by atoms with Gasteiger partial charge in [0.25, 0.3) is 0 Å². The van der Waals surface area contributed by atoms with E-state index in [-0.39, 0.29) is 0 Å². The van der Waals surface area contributed by atoms with E-state index in [0.29, 0.717) is 11.7 Å². The molecule has 0 radical (unpaired) electrons. The number of thiocarbonyl (C=S) groups is 1. The van der Waals surface area contributed by atoms with E-state index in [1.54, 1.807) is 6.20 Å². The minimum absolute atomic E-state index is 0.540. The minimum atomic E-state index is 0.540. The SMILES string of the molecule is CCOc1ccc(NC(=S)Nc2ccc(-c3cccnc3)cc2)cc1. The molecule has 0 saturated carbocycles. The maximum atomic E-state index is 5.43. The second-order valence-electron chi connectivity index (χ2n) is 5.36. The number of benzene rings is 2. The van der Waals surface area contributed by atoms with Gasteiger partial charge in [0.2, 0.25) is 0 Å². The Bertz CT molecular complexity index is 818. The topological polar surface area (TPSA) is 46.2 Å². The molecule has 2 N–H and O–H groups in total. The molecule has 0 spiro atoms. The molecule has 0 bridgehead atoms.